The Bertz CT molecular complexity index is 1310. The lowest BCUT2D eigenvalue weighted by atomic mass is 9.98. The van der Waals surface area contributed by atoms with Crippen molar-refractivity contribution in [2.24, 2.45) is 0 Å². The molecule has 0 aliphatic heterocycles. The minimum absolute atomic E-state index is 0.0695. The van der Waals surface area contributed by atoms with Crippen LogP contribution in [0.4, 0.5) is 5.88 Å². The topological polar surface area (TPSA) is 95.7 Å². The molecule has 0 atom stereocenters. The van der Waals surface area contributed by atoms with Gasteiger partial charge in [-0.2, -0.15) is 5.26 Å². The predicted octanol–water partition coefficient (Wildman–Crippen LogP) is 4.62. The number of anilines is 1. The number of nitrogens with zero attached hydrogens (tertiary/aromatic N) is 4. The fourth-order valence-corrected chi connectivity index (χ4v) is 4.04. The number of hydrogen-bond donors (Lipinski definition) is 1. The van der Waals surface area contributed by atoms with Crippen LogP contribution in [0.3, 0.4) is 0 Å². The molecule has 0 aliphatic rings. The van der Waals surface area contributed by atoms with Crippen molar-refractivity contribution in [3.8, 4) is 28.5 Å². The summed E-state index contributed by atoms with van der Waals surface area (Å²) in [6, 6.07) is 22.0. The zero-order valence-electron chi connectivity index (χ0n) is 18.3. The highest BCUT2D eigenvalue weighted by Gasteiger charge is 2.18. The number of benzene rings is 2. The van der Waals surface area contributed by atoms with Crippen molar-refractivity contribution in [2.45, 2.75) is 25.4 Å². The van der Waals surface area contributed by atoms with E-state index in [1.807, 2.05) is 74.5 Å². The van der Waals surface area contributed by atoms with E-state index in [0.717, 1.165) is 27.9 Å². The second-order valence-electron chi connectivity index (χ2n) is 7.34. The maximum Gasteiger partial charge on any atom is 0.302 e. The molecule has 33 heavy (non-hydrogen) atoms. The monoisotopic (exact) mass is 456 g/mol. The summed E-state index contributed by atoms with van der Waals surface area (Å²) in [5, 5.41) is 17.0. The first-order valence-electron chi connectivity index (χ1n) is 10.4. The number of rotatable bonds is 7. The van der Waals surface area contributed by atoms with E-state index >= 15 is 0 Å². The molecule has 0 fully saturated rings. The summed E-state index contributed by atoms with van der Waals surface area (Å²) in [7, 11) is 0. The van der Waals surface area contributed by atoms with Crippen LogP contribution < -0.4 is 10.00 Å². The number of aromatic nitrogens is 3. The number of nitriles is 1. The third-order valence-electron chi connectivity index (χ3n) is 4.97. The molecule has 0 aliphatic carbocycles. The quantitative estimate of drug-likeness (QED) is 0.322. The zero-order valence-corrected chi connectivity index (χ0v) is 19.1. The van der Waals surface area contributed by atoms with Gasteiger partial charge < -0.3 is 0 Å². The van der Waals surface area contributed by atoms with Gasteiger partial charge in [-0.1, -0.05) is 76.6 Å². The average Bonchev–Trinajstić information content (AvgIpc) is 3.30. The summed E-state index contributed by atoms with van der Waals surface area (Å²) in [5.41, 5.74) is 4.97. The summed E-state index contributed by atoms with van der Waals surface area (Å²) < 4.78 is 6.67. The van der Waals surface area contributed by atoms with Gasteiger partial charge in [-0.05, 0) is 25.5 Å². The highest BCUT2D eigenvalue weighted by molar-refractivity contribution is 8.00. The Balaban J connectivity index is 1.66. The number of amides is 1. The van der Waals surface area contributed by atoms with E-state index in [1.54, 1.807) is 10.9 Å². The fraction of sp³-hybridized carbons (Fsp3) is 0.160. The van der Waals surface area contributed by atoms with Crippen molar-refractivity contribution in [1.29, 1.82) is 5.26 Å². The summed E-state index contributed by atoms with van der Waals surface area (Å²) >= 11 is 1.22. The van der Waals surface area contributed by atoms with Crippen molar-refractivity contribution in [1.82, 2.24) is 10.3 Å². The Hall–Kier alpha value is -3.96. The highest BCUT2D eigenvalue weighted by Crippen LogP contribution is 2.34. The molecule has 0 saturated carbocycles. The van der Waals surface area contributed by atoms with Gasteiger partial charge in [-0.3, -0.25) is 14.6 Å². The van der Waals surface area contributed by atoms with Gasteiger partial charge in [0.1, 0.15) is 11.1 Å². The van der Waals surface area contributed by atoms with Crippen molar-refractivity contribution in [3.63, 3.8) is 0 Å². The van der Waals surface area contributed by atoms with Crippen molar-refractivity contribution in [3.05, 3.63) is 78.0 Å². The zero-order chi connectivity index (χ0) is 23.2. The molecule has 4 aromatic rings. The van der Waals surface area contributed by atoms with Gasteiger partial charge in [0, 0.05) is 11.1 Å². The SMILES string of the molecule is CC[n+]1cc(NC(=O)CSc2nc(-c3ccccc3)cc(-c3ccc(C)cc3)c2C#N)on1. The number of aryl methyl sites for hydroxylation is 2. The molecule has 2 aromatic heterocycles. The second kappa shape index (κ2) is 10.1. The molecule has 0 bridgehead atoms. The average molecular weight is 457 g/mol. The van der Waals surface area contributed by atoms with E-state index in [-0.39, 0.29) is 17.5 Å². The number of carbonyl (C=O) groups excluding carboxylic acids is 1. The lowest BCUT2D eigenvalue weighted by Crippen LogP contribution is -2.32. The van der Waals surface area contributed by atoms with Crippen LogP contribution in [-0.4, -0.2) is 21.9 Å². The van der Waals surface area contributed by atoms with Gasteiger partial charge in [0.15, 0.2) is 6.54 Å². The number of hydrogen-bond acceptors (Lipinski definition) is 6. The lowest BCUT2D eigenvalue weighted by Gasteiger charge is -2.12. The van der Waals surface area contributed by atoms with Gasteiger partial charge in [-0.25, -0.2) is 4.98 Å². The Morgan fingerprint density at radius 2 is 1.91 bits per heavy atom. The van der Waals surface area contributed by atoms with Gasteiger partial charge in [0.2, 0.25) is 11.2 Å². The molecule has 0 spiro atoms. The molecule has 8 heteroatoms. The first-order valence-corrected chi connectivity index (χ1v) is 11.4. The normalized spacial score (nSPS) is 10.6. The number of nitrogens with one attached hydrogen (secondary N) is 1. The summed E-state index contributed by atoms with van der Waals surface area (Å²) in [6.45, 7) is 4.58. The highest BCUT2D eigenvalue weighted by atomic mass is 32.2. The third kappa shape index (κ3) is 5.27. The number of carbonyl (C=O) groups is 1. The van der Waals surface area contributed by atoms with Crippen LogP contribution in [0.15, 0.2) is 76.4 Å². The summed E-state index contributed by atoms with van der Waals surface area (Å²) in [5.74, 6) is 0.0708. The maximum absolute atomic E-state index is 12.5. The van der Waals surface area contributed by atoms with Gasteiger partial charge in [0.05, 0.1) is 17.0 Å². The molecule has 0 saturated heterocycles. The molecule has 2 heterocycles. The minimum Gasteiger partial charge on any atom is -0.288 e. The van der Waals surface area contributed by atoms with Crippen LogP contribution >= 0.6 is 11.8 Å². The molecule has 4 rings (SSSR count). The van der Waals surface area contributed by atoms with Crippen LogP contribution in [0, 0.1) is 18.3 Å². The summed E-state index contributed by atoms with van der Waals surface area (Å²) in [6.07, 6.45) is 1.62. The molecule has 7 nitrogen and oxygen atoms in total. The Labute approximate surface area is 196 Å². The minimum atomic E-state index is -0.271. The summed E-state index contributed by atoms with van der Waals surface area (Å²) in [4.78, 5) is 17.2. The van der Waals surface area contributed by atoms with E-state index in [2.05, 4.69) is 16.7 Å². The molecule has 0 unspecified atom stereocenters. The number of thioether (sulfide) groups is 1. The molecule has 1 N–H and O–H groups in total. The fourth-order valence-electron chi connectivity index (χ4n) is 3.24. The third-order valence-corrected chi connectivity index (χ3v) is 5.94. The van der Waals surface area contributed by atoms with Crippen LogP contribution in [-0.2, 0) is 11.3 Å². The van der Waals surface area contributed by atoms with E-state index in [9.17, 15) is 10.1 Å². The smallest absolute Gasteiger partial charge is 0.288 e. The van der Waals surface area contributed by atoms with E-state index in [4.69, 9.17) is 9.51 Å². The molecule has 2 aromatic carbocycles. The first kappa shape index (κ1) is 22.2. The van der Waals surface area contributed by atoms with Crippen molar-refractivity contribution < 1.29 is 14.0 Å². The standard InChI is InChI=1S/C25H21N5O2S/c1-3-30-15-24(32-29-30)28-23(31)16-33-25-21(14-26)20(18-11-9-17(2)10-12-18)13-22(27-25)19-7-5-4-6-8-19/h4-13,15H,3,16H2,1-2H3/p+1. The van der Waals surface area contributed by atoms with Gasteiger partial charge in [-0.15, -0.1) is 0 Å². The molecular formula is C25H22N5O2S+. The first-order chi connectivity index (χ1) is 16.1. The van der Waals surface area contributed by atoms with Crippen LogP contribution in [0.1, 0.15) is 18.1 Å². The Kier molecular flexibility index (Phi) is 6.81. The van der Waals surface area contributed by atoms with Crippen LogP contribution in [0.25, 0.3) is 22.4 Å². The second-order valence-corrected chi connectivity index (χ2v) is 8.30. The van der Waals surface area contributed by atoms with Crippen molar-refractivity contribution >= 4 is 23.6 Å². The van der Waals surface area contributed by atoms with Gasteiger partial charge >= 0.3 is 5.88 Å². The molecule has 1 amide bonds. The molecule has 0 radical (unpaired) electrons. The van der Waals surface area contributed by atoms with Gasteiger partial charge in [0.25, 0.3) is 6.20 Å². The largest absolute Gasteiger partial charge is 0.302 e. The van der Waals surface area contributed by atoms with E-state index in [0.29, 0.717) is 17.1 Å². The maximum atomic E-state index is 12.5. The lowest BCUT2D eigenvalue weighted by molar-refractivity contribution is -0.759. The predicted molar refractivity (Wildman–Crippen MR) is 126 cm³/mol. The molecular weight excluding hydrogens is 434 g/mol. The number of pyridine rings is 1. The Morgan fingerprint density at radius 1 is 1.15 bits per heavy atom. The molecule has 164 valence electrons. The van der Waals surface area contributed by atoms with E-state index < -0.39 is 0 Å². The van der Waals surface area contributed by atoms with Crippen LogP contribution in [0.5, 0.6) is 0 Å². The van der Waals surface area contributed by atoms with Crippen molar-refractivity contribution in [2.75, 3.05) is 11.1 Å². The van der Waals surface area contributed by atoms with E-state index in [1.165, 1.54) is 11.8 Å². The van der Waals surface area contributed by atoms with Crippen LogP contribution in [0.2, 0.25) is 0 Å². The Morgan fingerprint density at radius 3 is 2.58 bits per heavy atom.